The van der Waals surface area contributed by atoms with Gasteiger partial charge in [-0.05, 0) is 23.8 Å². The van der Waals surface area contributed by atoms with Gasteiger partial charge in [-0.3, -0.25) is 4.79 Å². The van der Waals surface area contributed by atoms with E-state index in [0.717, 1.165) is 11.3 Å². The van der Waals surface area contributed by atoms with E-state index in [4.69, 9.17) is 14.2 Å². The van der Waals surface area contributed by atoms with Gasteiger partial charge in [0.2, 0.25) is 0 Å². The minimum atomic E-state index is -0.528. The summed E-state index contributed by atoms with van der Waals surface area (Å²) in [7, 11) is 1.64. The van der Waals surface area contributed by atoms with Gasteiger partial charge in [0.05, 0.1) is 13.7 Å². The maximum absolute atomic E-state index is 11.2. The zero-order chi connectivity index (χ0) is 13.3. The van der Waals surface area contributed by atoms with E-state index in [2.05, 4.69) is 0 Å². The summed E-state index contributed by atoms with van der Waals surface area (Å²) in [6.45, 7) is 0.423. The first-order valence-electron chi connectivity index (χ1n) is 6.38. The van der Waals surface area contributed by atoms with E-state index >= 15 is 0 Å². The first-order valence-corrected chi connectivity index (χ1v) is 6.38. The molecule has 100 valence electrons. The Hall–Kier alpha value is -1.81. The van der Waals surface area contributed by atoms with Crippen LogP contribution in [0.5, 0.6) is 5.75 Å². The average Bonchev–Trinajstić information content (AvgIpc) is 2.81. The highest BCUT2D eigenvalue weighted by atomic mass is 16.6. The maximum atomic E-state index is 11.2. The number of ether oxygens (including phenoxy) is 3. The minimum absolute atomic E-state index is 0.0872. The summed E-state index contributed by atoms with van der Waals surface area (Å²) in [4.78, 5) is 11.2. The molecule has 0 amide bonds. The Labute approximate surface area is 112 Å². The molecule has 19 heavy (non-hydrogen) atoms. The van der Waals surface area contributed by atoms with E-state index in [1.807, 2.05) is 36.4 Å². The van der Waals surface area contributed by atoms with Gasteiger partial charge in [0.1, 0.15) is 11.9 Å². The van der Waals surface area contributed by atoms with Crippen LogP contribution in [0.1, 0.15) is 24.5 Å². The fourth-order valence-corrected chi connectivity index (χ4v) is 2.46. The number of carbonyl (C=O) groups is 1. The quantitative estimate of drug-likeness (QED) is 0.605. The van der Waals surface area contributed by atoms with Crippen molar-refractivity contribution in [2.45, 2.75) is 24.5 Å². The van der Waals surface area contributed by atoms with Gasteiger partial charge < -0.3 is 14.2 Å². The lowest BCUT2D eigenvalue weighted by Gasteiger charge is -2.31. The summed E-state index contributed by atoms with van der Waals surface area (Å²) >= 11 is 0. The first-order chi connectivity index (χ1) is 9.21. The van der Waals surface area contributed by atoms with Crippen molar-refractivity contribution >= 4 is 5.97 Å². The highest BCUT2D eigenvalue weighted by Crippen LogP contribution is 2.35. The fourth-order valence-electron chi connectivity index (χ4n) is 2.46. The molecule has 2 aliphatic heterocycles. The van der Waals surface area contributed by atoms with Gasteiger partial charge in [0, 0.05) is 12.8 Å². The summed E-state index contributed by atoms with van der Waals surface area (Å²) in [5, 5.41) is 0. The normalized spacial score (nSPS) is 29.5. The summed E-state index contributed by atoms with van der Waals surface area (Å²) in [6.07, 6.45) is 5.02. The molecule has 0 aliphatic carbocycles. The molecule has 0 radical (unpaired) electrons. The minimum Gasteiger partial charge on any atom is -0.497 e. The Morgan fingerprint density at radius 3 is 2.63 bits per heavy atom. The van der Waals surface area contributed by atoms with Gasteiger partial charge in [-0.15, -0.1) is 0 Å². The van der Waals surface area contributed by atoms with Gasteiger partial charge in [-0.2, -0.15) is 0 Å². The van der Waals surface area contributed by atoms with Crippen molar-refractivity contribution in [2.24, 2.45) is 0 Å². The van der Waals surface area contributed by atoms with Gasteiger partial charge in [-0.25, -0.2) is 0 Å². The zero-order valence-electron chi connectivity index (χ0n) is 10.8. The molecule has 1 aromatic carbocycles. The highest BCUT2D eigenvalue weighted by Gasteiger charge is 2.41. The number of rotatable bonds is 2. The van der Waals surface area contributed by atoms with Crippen molar-refractivity contribution in [3.63, 3.8) is 0 Å². The summed E-state index contributed by atoms with van der Waals surface area (Å²) < 4.78 is 16.3. The smallest absolute Gasteiger partial charge is 0.306 e. The lowest BCUT2D eigenvalue weighted by atomic mass is 9.96. The van der Waals surface area contributed by atoms with Gasteiger partial charge in [0.25, 0.3) is 0 Å². The number of hydrogen-bond donors (Lipinski definition) is 0. The second-order valence-electron chi connectivity index (χ2n) is 4.90. The third kappa shape index (κ3) is 2.36. The zero-order valence-corrected chi connectivity index (χ0v) is 10.8. The van der Waals surface area contributed by atoms with E-state index < -0.39 is 5.60 Å². The molecule has 1 saturated heterocycles. The molecule has 0 bridgehead atoms. The summed E-state index contributed by atoms with van der Waals surface area (Å²) in [5.74, 6) is 0.681. The maximum Gasteiger partial charge on any atom is 0.306 e. The second-order valence-corrected chi connectivity index (χ2v) is 4.90. The molecule has 2 atom stereocenters. The molecule has 3 rings (SSSR count). The average molecular weight is 260 g/mol. The molecule has 2 heterocycles. The van der Waals surface area contributed by atoms with E-state index in [1.165, 1.54) is 0 Å². The molecule has 1 spiro atoms. The molecule has 2 aliphatic rings. The van der Waals surface area contributed by atoms with Crippen molar-refractivity contribution in [1.29, 1.82) is 0 Å². The molecule has 1 aromatic rings. The standard InChI is InChI=1S/C15H16O4/c1-17-12-4-2-11(3-5-12)13-6-8-15(10-18-13)9-7-14(16)19-15/h2-6,8,13H,7,9-10H2,1H3/t13-,15+/m1/s1. The van der Waals surface area contributed by atoms with Gasteiger partial charge in [0.15, 0.2) is 5.60 Å². The van der Waals surface area contributed by atoms with E-state index in [1.54, 1.807) is 7.11 Å². The molecule has 1 fully saturated rings. The molecule has 4 nitrogen and oxygen atoms in total. The van der Waals surface area contributed by atoms with Gasteiger partial charge >= 0.3 is 5.97 Å². The Balaban J connectivity index is 1.74. The predicted molar refractivity (Wildman–Crippen MR) is 68.9 cm³/mol. The van der Waals surface area contributed by atoms with Crippen LogP contribution in [-0.4, -0.2) is 25.3 Å². The SMILES string of the molecule is COc1ccc([C@H]2C=C[C@]3(CCC(=O)O3)CO2)cc1. The Bertz CT molecular complexity index is 505. The van der Waals surface area contributed by atoms with Crippen LogP contribution in [0.15, 0.2) is 36.4 Å². The van der Waals surface area contributed by atoms with E-state index in [-0.39, 0.29) is 12.1 Å². The van der Waals surface area contributed by atoms with E-state index in [9.17, 15) is 4.79 Å². The van der Waals surface area contributed by atoms with Crippen LogP contribution in [0, 0.1) is 0 Å². The molecule has 0 saturated carbocycles. The molecular formula is C15H16O4. The van der Waals surface area contributed by atoms with Crippen LogP contribution in [0.2, 0.25) is 0 Å². The van der Waals surface area contributed by atoms with Crippen molar-refractivity contribution in [2.75, 3.05) is 13.7 Å². The summed E-state index contributed by atoms with van der Waals surface area (Å²) in [6, 6.07) is 7.78. The van der Waals surface area contributed by atoms with Crippen LogP contribution >= 0.6 is 0 Å². The topological polar surface area (TPSA) is 44.8 Å². The lowest BCUT2D eigenvalue weighted by molar-refractivity contribution is -0.151. The Kier molecular flexibility index (Phi) is 3.03. The highest BCUT2D eigenvalue weighted by molar-refractivity contribution is 5.72. The Morgan fingerprint density at radius 1 is 1.32 bits per heavy atom. The van der Waals surface area contributed by atoms with Crippen molar-refractivity contribution in [3.05, 3.63) is 42.0 Å². The number of esters is 1. The van der Waals surface area contributed by atoms with E-state index in [0.29, 0.717) is 19.4 Å². The number of methoxy groups -OCH3 is 1. The van der Waals surface area contributed by atoms with Crippen LogP contribution in [-0.2, 0) is 14.3 Å². The van der Waals surface area contributed by atoms with Crippen molar-refractivity contribution < 1.29 is 19.0 Å². The second kappa shape index (κ2) is 4.70. The number of carbonyl (C=O) groups excluding carboxylic acids is 1. The predicted octanol–water partition coefficient (Wildman–Crippen LogP) is 2.40. The third-order valence-corrected chi connectivity index (χ3v) is 3.60. The van der Waals surface area contributed by atoms with Gasteiger partial charge in [-0.1, -0.05) is 18.2 Å². The fraction of sp³-hybridized carbons (Fsp3) is 0.400. The van der Waals surface area contributed by atoms with Crippen LogP contribution < -0.4 is 4.74 Å². The van der Waals surface area contributed by atoms with Crippen molar-refractivity contribution in [1.82, 2.24) is 0 Å². The molecule has 0 unspecified atom stereocenters. The molecular weight excluding hydrogens is 244 g/mol. The Morgan fingerprint density at radius 2 is 2.11 bits per heavy atom. The first kappa shape index (κ1) is 12.2. The van der Waals surface area contributed by atoms with Crippen LogP contribution in [0.25, 0.3) is 0 Å². The van der Waals surface area contributed by atoms with Crippen molar-refractivity contribution in [3.8, 4) is 5.75 Å². The van der Waals surface area contributed by atoms with Crippen LogP contribution in [0.3, 0.4) is 0 Å². The number of benzene rings is 1. The molecule has 4 heteroatoms. The lowest BCUT2D eigenvalue weighted by Crippen LogP contribution is -2.35. The summed E-state index contributed by atoms with van der Waals surface area (Å²) in [5.41, 5.74) is 0.538. The number of hydrogen-bond acceptors (Lipinski definition) is 4. The van der Waals surface area contributed by atoms with Crippen LogP contribution in [0.4, 0.5) is 0 Å². The third-order valence-electron chi connectivity index (χ3n) is 3.60. The molecule has 0 N–H and O–H groups in total. The molecule has 0 aromatic heterocycles. The monoisotopic (exact) mass is 260 g/mol. The largest absolute Gasteiger partial charge is 0.497 e.